The van der Waals surface area contributed by atoms with Gasteiger partial charge in [-0.2, -0.15) is 0 Å². The molecule has 5 heteroatoms. The lowest BCUT2D eigenvalue weighted by Crippen LogP contribution is -2.28. The van der Waals surface area contributed by atoms with Crippen LogP contribution in [0.5, 0.6) is 5.75 Å². The Balaban J connectivity index is 1.11. The summed E-state index contributed by atoms with van der Waals surface area (Å²) in [5.74, 6) is 0.257. The molecule has 1 heterocycles. The standard InChI is InChI=1S/C55H37NO3S/c1-2-53(57)59-28-27-58-46-25-20-41-30-45(24-19-42(41)31-46)55(44-22-17-36(18-23-44)54-56-51-13-7-8-14-52(51)60-54)49-26-21-43(40-16-15-35-9-3-4-10-37(35)29-40)33-47(49)48-32-38-11-5-6-12-39(38)34-50(48)55/h2-26,29-34H,1,27-28H2. The highest BCUT2D eigenvalue weighted by Gasteiger charge is 2.46. The lowest BCUT2D eigenvalue weighted by atomic mass is 9.67. The van der Waals surface area contributed by atoms with Crippen molar-refractivity contribution >= 4 is 59.8 Å². The van der Waals surface area contributed by atoms with Gasteiger partial charge in [-0.25, -0.2) is 9.78 Å². The maximum atomic E-state index is 11.5. The van der Waals surface area contributed by atoms with E-state index in [2.05, 4.69) is 170 Å². The summed E-state index contributed by atoms with van der Waals surface area (Å²) in [6.07, 6.45) is 1.16. The van der Waals surface area contributed by atoms with E-state index in [-0.39, 0.29) is 13.2 Å². The van der Waals surface area contributed by atoms with Crippen LogP contribution in [-0.4, -0.2) is 24.2 Å². The van der Waals surface area contributed by atoms with E-state index in [1.807, 2.05) is 18.2 Å². The number of esters is 1. The van der Waals surface area contributed by atoms with E-state index < -0.39 is 11.4 Å². The Bertz CT molecular complexity index is 3300. The second-order valence-electron chi connectivity index (χ2n) is 15.3. The van der Waals surface area contributed by atoms with Crippen LogP contribution in [0.2, 0.25) is 0 Å². The number of aromatic nitrogens is 1. The Morgan fingerprint density at radius 2 is 1.17 bits per heavy atom. The number of hydrogen-bond donors (Lipinski definition) is 0. The van der Waals surface area contributed by atoms with Crippen LogP contribution in [-0.2, 0) is 14.9 Å². The molecule has 0 saturated carbocycles. The number of fused-ring (bicyclic) bond motifs is 7. The van der Waals surface area contributed by atoms with E-state index in [4.69, 9.17) is 14.5 Å². The SMILES string of the molecule is C=CC(=O)OCCOc1ccc2cc(C3(c4ccc(-c5nc6ccccc6s5)cc4)c4ccc(-c5ccc6ccccc6c5)cc4-c4cc5ccccc5cc43)ccc2c1. The number of ether oxygens (including phenoxy) is 2. The van der Waals surface area contributed by atoms with Gasteiger partial charge >= 0.3 is 5.97 Å². The second-order valence-corrected chi connectivity index (χ2v) is 16.4. The molecule has 0 saturated heterocycles. The molecule has 1 atom stereocenters. The molecule has 1 aliphatic carbocycles. The monoisotopic (exact) mass is 791 g/mol. The molecule has 4 nitrogen and oxygen atoms in total. The molecule has 60 heavy (non-hydrogen) atoms. The zero-order valence-corrected chi connectivity index (χ0v) is 33.4. The predicted octanol–water partition coefficient (Wildman–Crippen LogP) is 13.6. The van der Waals surface area contributed by atoms with Gasteiger partial charge in [-0.1, -0.05) is 134 Å². The predicted molar refractivity (Wildman–Crippen MR) is 247 cm³/mol. The molecule has 0 bridgehead atoms. The highest BCUT2D eigenvalue weighted by molar-refractivity contribution is 7.21. The third kappa shape index (κ3) is 5.97. The van der Waals surface area contributed by atoms with Gasteiger partial charge < -0.3 is 9.47 Å². The fourth-order valence-electron chi connectivity index (χ4n) is 9.12. The maximum Gasteiger partial charge on any atom is 0.330 e. The number of hydrogen-bond acceptors (Lipinski definition) is 5. The lowest BCUT2D eigenvalue weighted by molar-refractivity contribution is -0.138. The number of nitrogens with zero attached hydrogens (tertiary/aromatic N) is 1. The molecule has 1 aliphatic rings. The maximum absolute atomic E-state index is 11.5. The fraction of sp³-hybridized carbons (Fsp3) is 0.0545. The first-order valence-electron chi connectivity index (χ1n) is 20.2. The molecule has 1 unspecified atom stereocenters. The van der Waals surface area contributed by atoms with Gasteiger partial charge in [0.25, 0.3) is 0 Å². The molecule has 10 aromatic rings. The first-order chi connectivity index (χ1) is 29.5. The molecule has 9 aromatic carbocycles. The number of benzene rings is 9. The van der Waals surface area contributed by atoms with Crippen molar-refractivity contribution in [2.75, 3.05) is 13.2 Å². The van der Waals surface area contributed by atoms with Crippen molar-refractivity contribution in [3.8, 4) is 38.6 Å². The van der Waals surface area contributed by atoms with Crippen LogP contribution in [0.15, 0.2) is 195 Å². The molecule has 0 radical (unpaired) electrons. The van der Waals surface area contributed by atoms with E-state index in [9.17, 15) is 4.79 Å². The van der Waals surface area contributed by atoms with Crippen LogP contribution in [0.1, 0.15) is 22.3 Å². The summed E-state index contributed by atoms with van der Waals surface area (Å²) in [6, 6.07) is 66.3. The Kier molecular flexibility index (Phi) is 8.64. The van der Waals surface area contributed by atoms with Gasteiger partial charge in [0.2, 0.25) is 0 Å². The molecule has 0 spiro atoms. The molecule has 0 aliphatic heterocycles. The van der Waals surface area contributed by atoms with Gasteiger partial charge in [0.1, 0.15) is 24.0 Å². The Morgan fingerprint density at radius 3 is 1.98 bits per heavy atom. The number of para-hydroxylation sites is 1. The second kappa shape index (κ2) is 14.5. The molecule has 1 aromatic heterocycles. The van der Waals surface area contributed by atoms with Crippen molar-refractivity contribution < 1.29 is 14.3 Å². The van der Waals surface area contributed by atoms with Gasteiger partial charge in [0.15, 0.2) is 0 Å². The van der Waals surface area contributed by atoms with Crippen LogP contribution in [0.3, 0.4) is 0 Å². The molecule has 0 N–H and O–H groups in total. The quantitative estimate of drug-likeness (QED) is 0.0830. The molecule has 0 fully saturated rings. The van der Waals surface area contributed by atoms with E-state index in [1.54, 1.807) is 11.3 Å². The Morgan fingerprint density at radius 1 is 0.550 bits per heavy atom. The van der Waals surface area contributed by atoms with E-state index in [0.717, 1.165) is 32.9 Å². The molecule has 286 valence electrons. The zero-order chi connectivity index (χ0) is 40.2. The third-order valence-corrected chi connectivity index (χ3v) is 13.0. The van der Waals surface area contributed by atoms with E-state index in [1.165, 1.54) is 70.8 Å². The molecule has 11 rings (SSSR count). The van der Waals surface area contributed by atoms with Crippen LogP contribution >= 0.6 is 11.3 Å². The van der Waals surface area contributed by atoms with Crippen LogP contribution < -0.4 is 4.74 Å². The van der Waals surface area contributed by atoms with Gasteiger partial charge in [0.05, 0.1) is 15.6 Å². The van der Waals surface area contributed by atoms with Crippen LogP contribution in [0.4, 0.5) is 0 Å². The fourth-order valence-corrected chi connectivity index (χ4v) is 10.1. The highest BCUT2D eigenvalue weighted by Crippen LogP contribution is 2.58. The normalized spacial score (nSPS) is 14.3. The summed E-state index contributed by atoms with van der Waals surface area (Å²) in [5, 5.41) is 8.05. The lowest BCUT2D eigenvalue weighted by Gasteiger charge is -2.34. The summed E-state index contributed by atoms with van der Waals surface area (Å²) in [5.41, 5.74) is 11.2. The summed E-state index contributed by atoms with van der Waals surface area (Å²) in [6.45, 7) is 3.86. The minimum absolute atomic E-state index is 0.151. The van der Waals surface area contributed by atoms with Crippen molar-refractivity contribution in [1.29, 1.82) is 0 Å². The van der Waals surface area contributed by atoms with Crippen molar-refractivity contribution in [2.24, 2.45) is 0 Å². The average Bonchev–Trinajstić information content (AvgIpc) is 3.86. The van der Waals surface area contributed by atoms with Gasteiger partial charge in [-0.3, -0.25) is 0 Å². The van der Waals surface area contributed by atoms with E-state index >= 15 is 0 Å². The highest BCUT2D eigenvalue weighted by atomic mass is 32.1. The minimum atomic E-state index is -0.638. The Hall–Kier alpha value is -7.34. The third-order valence-electron chi connectivity index (χ3n) is 12.0. The summed E-state index contributed by atoms with van der Waals surface area (Å²) < 4.78 is 12.3. The van der Waals surface area contributed by atoms with Crippen LogP contribution in [0.25, 0.3) is 75.4 Å². The average molecular weight is 792 g/mol. The van der Waals surface area contributed by atoms with Gasteiger partial charge in [-0.05, 0) is 131 Å². The van der Waals surface area contributed by atoms with Crippen molar-refractivity contribution in [3.05, 3.63) is 217 Å². The zero-order valence-electron chi connectivity index (χ0n) is 32.6. The largest absolute Gasteiger partial charge is 0.490 e. The van der Waals surface area contributed by atoms with Gasteiger partial charge in [0, 0.05) is 11.6 Å². The summed E-state index contributed by atoms with van der Waals surface area (Å²) in [4.78, 5) is 16.5. The molecule has 0 amide bonds. The number of carbonyl (C=O) groups is 1. The number of carbonyl (C=O) groups excluding carboxylic acids is 1. The summed E-state index contributed by atoms with van der Waals surface area (Å²) >= 11 is 1.73. The number of thiazole rings is 1. The topological polar surface area (TPSA) is 48.4 Å². The van der Waals surface area contributed by atoms with Crippen molar-refractivity contribution in [1.82, 2.24) is 4.98 Å². The number of rotatable bonds is 9. The smallest absolute Gasteiger partial charge is 0.330 e. The first-order valence-corrected chi connectivity index (χ1v) is 21.0. The van der Waals surface area contributed by atoms with Crippen molar-refractivity contribution in [3.63, 3.8) is 0 Å². The van der Waals surface area contributed by atoms with Crippen molar-refractivity contribution in [2.45, 2.75) is 5.41 Å². The molecular formula is C55H37NO3S. The molecular weight excluding hydrogens is 755 g/mol. The Labute approximate surface area is 351 Å². The van der Waals surface area contributed by atoms with Crippen LogP contribution in [0, 0.1) is 0 Å². The van der Waals surface area contributed by atoms with E-state index in [0.29, 0.717) is 5.75 Å². The summed E-state index contributed by atoms with van der Waals surface area (Å²) in [7, 11) is 0. The van der Waals surface area contributed by atoms with Gasteiger partial charge in [-0.15, -0.1) is 11.3 Å². The first kappa shape index (κ1) is 35.8. The minimum Gasteiger partial charge on any atom is -0.490 e.